The number of nitrogens with one attached hydrogen (secondary N) is 1. The van der Waals surface area contributed by atoms with Crippen LogP contribution in [0.5, 0.6) is 0 Å². The first-order chi connectivity index (χ1) is 10.6. The number of allylic oxidation sites excluding steroid dienone is 1. The van der Waals surface area contributed by atoms with Crippen molar-refractivity contribution in [1.29, 1.82) is 0 Å². The Bertz CT molecular complexity index is 532. The molecule has 1 fully saturated rings. The monoisotopic (exact) mass is 301 g/mol. The Labute approximate surface area is 131 Å². The van der Waals surface area contributed by atoms with Gasteiger partial charge < -0.3 is 10.2 Å². The second kappa shape index (κ2) is 7.73. The lowest BCUT2D eigenvalue weighted by atomic mass is 10.0. The SMILES string of the molecule is CC(C)/C=C/C(=O)N1CCC(NC(=O)c2cccnc2)CC1. The van der Waals surface area contributed by atoms with Crippen molar-refractivity contribution in [3.8, 4) is 0 Å². The number of carbonyl (C=O) groups excluding carboxylic acids is 2. The van der Waals surface area contributed by atoms with E-state index in [1.807, 2.05) is 24.8 Å². The zero-order chi connectivity index (χ0) is 15.9. The van der Waals surface area contributed by atoms with Crippen molar-refractivity contribution >= 4 is 11.8 Å². The van der Waals surface area contributed by atoms with Gasteiger partial charge in [-0.05, 0) is 37.0 Å². The van der Waals surface area contributed by atoms with E-state index in [9.17, 15) is 9.59 Å². The highest BCUT2D eigenvalue weighted by atomic mass is 16.2. The van der Waals surface area contributed by atoms with Crippen LogP contribution in [0.3, 0.4) is 0 Å². The second-order valence-electron chi connectivity index (χ2n) is 5.92. The molecule has 0 bridgehead atoms. The van der Waals surface area contributed by atoms with E-state index >= 15 is 0 Å². The molecule has 5 nitrogen and oxygen atoms in total. The summed E-state index contributed by atoms with van der Waals surface area (Å²) in [5.41, 5.74) is 0.570. The van der Waals surface area contributed by atoms with Crippen molar-refractivity contribution in [2.45, 2.75) is 32.7 Å². The lowest BCUT2D eigenvalue weighted by molar-refractivity contribution is -0.127. The minimum absolute atomic E-state index is 0.0609. The third-order valence-electron chi connectivity index (χ3n) is 3.69. The zero-order valence-electron chi connectivity index (χ0n) is 13.2. The van der Waals surface area contributed by atoms with Crippen molar-refractivity contribution in [1.82, 2.24) is 15.2 Å². The van der Waals surface area contributed by atoms with Gasteiger partial charge in [0.25, 0.3) is 5.91 Å². The first kappa shape index (κ1) is 16.2. The maximum atomic E-state index is 12.1. The number of aromatic nitrogens is 1. The van der Waals surface area contributed by atoms with Crippen LogP contribution in [0.1, 0.15) is 37.0 Å². The van der Waals surface area contributed by atoms with E-state index in [2.05, 4.69) is 10.3 Å². The highest BCUT2D eigenvalue weighted by Crippen LogP contribution is 2.12. The number of amides is 2. The quantitative estimate of drug-likeness (QED) is 0.865. The van der Waals surface area contributed by atoms with Crippen LogP contribution in [0.25, 0.3) is 0 Å². The van der Waals surface area contributed by atoms with Gasteiger partial charge in [-0.2, -0.15) is 0 Å². The Hall–Kier alpha value is -2.17. The van der Waals surface area contributed by atoms with Crippen molar-refractivity contribution in [2.75, 3.05) is 13.1 Å². The van der Waals surface area contributed by atoms with Crippen LogP contribution in [0, 0.1) is 5.92 Å². The number of carbonyl (C=O) groups is 2. The van der Waals surface area contributed by atoms with Gasteiger partial charge in [0.2, 0.25) is 5.91 Å². The van der Waals surface area contributed by atoms with Gasteiger partial charge in [0.05, 0.1) is 5.56 Å². The Morgan fingerprint density at radius 1 is 1.36 bits per heavy atom. The Balaban J connectivity index is 1.80. The molecular formula is C17H23N3O2. The van der Waals surface area contributed by atoms with Gasteiger partial charge in [-0.1, -0.05) is 19.9 Å². The van der Waals surface area contributed by atoms with Crippen molar-refractivity contribution < 1.29 is 9.59 Å². The summed E-state index contributed by atoms with van der Waals surface area (Å²) in [7, 11) is 0. The van der Waals surface area contributed by atoms with Crippen LogP contribution in [0.4, 0.5) is 0 Å². The number of piperidine rings is 1. The third kappa shape index (κ3) is 4.69. The Morgan fingerprint density at radius 2 is 2.09 bits per heavy atom. The summed E-state index contributed by atoms with van der Waals surface area (Å²) in [4.78, 5) is 29.8. The minimum atomic E-state index is -0.0995. The zero-order valence-corrected chi connectivity index (χ0v) is 13.2. The molecule has 118 valence electrons. The van der Waals surface area contributed by atoms with Gasteiger partial charge in [0.15, 0.2) is 0 Å². The minimum Gasteiger partial charge on any atom is -0.349 e. The predicted molar refractivity (Wildman–Crippen MR) is 85.3 cm³/mol. The summed E-state index contributed by atoms with van der Waals surface area (Å²) in [6, 6.07) is 3.61. The Morgan fingerprint density at radius 3 is 2.68 bits per heavy atom. The van der Waals surface area contributed by atoms with Crippen LogP contribution in [-0.2, 0) is 4.79 Å². The first-order valence-electron chi connectivity index (χ1n) is 7.74. The lowest BCUT2D eigenvalue weighted by Crippen LogP contribution is -2.46. The molecule has 0 atom stereocenters. The number of rotatable bonds is 4. The first-order valence-corrected chi connectivity index (χ1v) is 7.74. The highest BCUT2D eigenvalue weighted by molar-refractivity contribution is 5.94. The standard InChI is InChI=1S/C17H23N3O2/c1-13(2)5-6-16(21)20-10-7-15(8-11-20)19-17(22)14-4-3-9-18-12-14/h3-6,9,12-13,15H,7-8,10-11H2,1-2H3,(H,19,22)/b6-5+. The molecule has 5 heteroatoms. The number of pyridine rings is 1. The van der Waals surface area contributed by atoms with E-state index in [0.29, 0.717) is 24.6 Å². The van der Waals surface area contributed by atoms with Gasteiger partial charge in [-0.15, -0.1) is 0 Å². The average Bonchev–Trinajstić information content (AvgIpc) is 2.54. The fraction of sp³-hybridized carbons (Fsp3) is 0.471. The molecule has 0 saturated carbocycles. The van der Waals surface area contributed by atoms with E-state index in [4.69, 9.17) is 0 Å². The maximum absolute atomic E-state index is 12.1. The molecule has 22 heavy (non-hydrogen) atoms. The third-order valence-corrected chi connectivity index (χ3v) is 3.69. The molecular weight excluding hydrogens is 278 g/mol. The fourth-order valence-corrected chi connectivity index (χ4v) is 2.39. The fourth-order valence-electron chi connectivity index (χ4n) is 2.39. The van der Waals surface area contributed by atoms with Gasteiger partial charge in [-0.3, -0.25) is 14.6 Å². The molecule has 2 rings (SSSR count). The van der Waals surface area contributed by atoms with E-state index in [1.54, 1.807) is 30.6 Å². The molecule has 1 aromatic heterocycles. The molecule has 0 aromatic carbocycles. The van der Waals surface area contributed by atoms with Crippen LogP contribution >= 0.6 is 0 Å². The number of hydrogen-bond donors (Lipinski definition) is 1. The summed E-state index contributed by atoms with van der Waals surface area (Å²) >= 11 is 0. The van der Waals surface area contributed by atoms with Crippen molar-refractivity contribution in [2.24, 2.45) is 5.92 Å². The van der Waals surface area contributed by atoms with Crippen LogP contribution in [0.2, 0.25) is 0 Å². The predicted octanol–water partition coefficient (Wildman–Crippen LogP) is 2.01. The molecule has 0 aliphatic carbocycles. The summed E-state index contributed by atoms with van der Waals surface area (Å²) in [6.45, 7) is 5.45. The van der Waals surface area contributed by atoms with Gasteiger partial charge >= 0.3 is 0 Å². The van der Waals surface area contributed by atoms with Crippen LogP contribution in [-0.4, -0.2) is 40.8 Å². The molecule has 1 aliphatic heterocycles. The summed E-state index contributed by atoms with van der Waals surface area (Å²) in [6.07, 6.45) is 8.34. The summed E-state index contributed by atoms with van der Waals surface area (Å²) < 4.78 is 0. The van der Waals surface area contributed by atoms with E-state index in [0.717, 1.165) is 12.8 Å². The molecule has 1 N–H and O–H groups in total. The molecule has 2 heterocycles. The van der Waals surface area contributed by atoms with Gasteiger partial charge in [0, 0.05) is 31.5 Å². The maximum Gasteiger partial charge on any atom is 0.253 e. The normalized spacial score (nSPS) is 16.2. The van der Waals surface area contributed by atoms with E-state index < -0.39 is 0 Å². The van der Waals surface area contributed by atoms with Crippen LogP contribution < -0.4 is 5.32 Å². The Kier molecular flexibility index (Phi) is 5.69. The molecule has 1 aromatic rings. The molecule has 1 saturated heterocycles. The average molecular weight is 301 g/mol. The molecule has 2 amide bonds. The van der Waals surface area contributed by atoms with Crippen molar-refractivity contribution in [3.63, 3.8) is 0 Å². The number of likely N-dealkylation sites (tertiary alicyclic amines) is 1. The smallest absolute Gasteiger partial charge is 0.253 e. The van der Waals surface area contributed by atoms with E-state index in [-0.39, 0.29) is 17.9 Å². The van der Waals surface area contributed by atoms with Gasteiger partial charge in [0.1, 0.15) is 0 Å². The second-order valence-corrected chi connectivity index (χ2v) is 5.92. The molecule has 0 spiro atoms. The largest absolute Gasteiger partial charge is 0.349 e. The summed E-state index contributed by atoms with van der Waals surface area (Å²) in [5.74, 6) is 0.337. The summed E-state index contributed by atoms with van der Waals surface area (Å²) in [5, 5.41) is 3.01. The number of nitrogens with zero attached hydrogens (tertiary/aromatic N) is 2. The molecule has 0 radical (unpaired) electrons. The topological polar surface area (TPSA) is 62.3 Å². The van der Waals surface area contributed by atoms with Gasteiger partial charge in [-0.25, -0.2) is 0 Å². The molecule has 1 aliphatic rings. The number of hydrogen-bond acceptors (Lipinski definition) is 3. The van der Waals surface area contributed by atoms with E-state index in [1.165, 1.54) is 0 Å². The van der Waals surface area contributed by atoms with Crippen molar-refractivity contribution in [3.05, 3.63) is 42.2 Å². The highest BCUT2D eigenvalue weighted by Gasteiger charge is 2.23. The lowest BCUT2D eigenvalue weighted by Gasteiger charge is -2.31. The van der Waals surface area contributed by atoms with Crippen LogP contribution in [0.15, 0.2) is 36.7 Å². The molecule has 0 unspecified atom stereocenters.